The summed E-state index contributed by atoms with van der Waals surface area (Å²) in [4.78, 5) is 11.9. The molecule has 0 saturated carbocycles. The largest absolute Gasteiger partial charge is 0.497 e. The minimum absolute atomic E-state index is 0.297. The zero-order valence-electron chi connectivity index (χ0n) is 9.23. The molecule has 0 aliphatic heterocycles. The molecule has 6 nitrogen and oxygen atoms in total. The van der Waals surface area contributed by atoms with Gasteiger partial charge in [-0.25, -0.2) is 0 Å². The summed E-state index contributed by atoms with van der Waals surface area (Å²) in [5.74, 6) is 0.834. The number of hydrogen-bond acceptors (Lipinski definition) is 4. The minimum atomic E-state index is -0.297. The van der Waals surface area contributed by atoms with Crippen molar-refractivity contribution in [3.05, 3.63) is 36.0 Å². The maximum absolute atomic E-state index is 11.9. The molecule has 0 bridgehead atoms. The molecule has 1 aromatic carbocycles. The number of hydrogen-bond donors (Lipinski definition) is 3. The van der Waals surface area contributed by atoms with Gasteiger partial charge in [-0.2, -0.15) is 5.10 Å². The third-order valence-corrected chi connectivity index (χ3v) is 2.25. The summed E-state index contributed by atoms with van der Waals surface area (Å²) in [6.07, 6.45) is 1.55. The summed E-state index contributed by atoms with van der Waals surface area (Å²) in [7, 11) is 1.54. The predicted octanol–water partition coefficient (Wildman–Crippen LogP) is 1.25. The molecule has 0 atom stereocenters. The lowest BCUT2D eigenvalue weighted by atomic mass is 10.1. The summed E-state index contributed by atoms with van der Waals surface area (Å²) in [6.45, 7) is 0. The highest BCUT2D eigenvalue weighted by Crippen LogP contribution is 2.20. The molecule has 2 rings (SSSR count). The summed E-state index contributed by atoms with van der Waals surface area (Å²) in [5.41, 5.74) is 6.51. The Morgan fingerprint density at radius 1 is 1.47 bits per heavy atom. The molecule has 88 valence electrons. The first kappa shape index (κ1) is 11.0. The molecule has 1 amide bonds. The summed E-state index contributed by atoms with van der Waals surface area (Å²) in [5, 5.41) is 9.00. The van der Waals surface area contributed by atoms with Crippen molar-refractivity contribution in [2.75, 3.05) is 18.2 Å². The van der Waals surface area contributed by atoms with Crippen LogP contribution in [0.5, 0.6) is 5.75 Å². The lowest BCUT2D eigenvalue weighted by molar-refractivity contribution is 0.102. The van der Waals surface area contributed by atoms with Gasteiger partial charge in [-0.1, -0.05) is 0 Å². The fourth-order valence-electron chi connectivity index (χ4n) is 1.39. The molecule has 17 heavy (non-hydrogen) atoms. The van der Waals surface area contributed by atoms with Crippen molar-refractivity contribution in [3.63, 3.8) is 0 Å². The van der Waals surface area contributed by atoms with Gasteiger partial charge < -0.3 is 15.8 Å². The number of benzene rings is 1. The fourth-order valence-corrected chi connectivity index (χ4v) is 1.39. The number of nitrogens with one attached hydrogen (secondary N) is 2. The van der Waals surface area contributed by atoms with Crippen LogP contribution in [-0.2, 0) is 0 Å². The third-order valence-electron chi connectivity index (χ3n) is 2.25. The maximum Gasteiger partial charge on any atom is 0.258 e. The Balaban J connectivity index is 2.19. The zero-order chi connectivity index (χ0) is 12.3. The van der Waals surface area contributed by atoms with Gasteiger partial charge in [0.15, 0.2) is 0 Å². The van der Waals surface area contributed by atoms with Crippen molar-refractivity contribution in [1.82, 2.24) is 10.2 Å². The van der Waals surface area contributed by atoms with Gasteiger partial charge in [0.2, 0.25) is 0 Å². The van der Waals surface area contributed by atoms with Crippen LogP contribution < -0.4 is 15.8 Å². The van der Waals surface area contributed by atoms with Crippen molar-refractivity contribution in [2.45, 2.75) is 0 Å². The van der Waals surface area contributed by atoms with Crippen LogP contribution >= 0.6 is 0 Å². The second-order valence-electron chi connectivity index (χ2n) is 3.38. The fraction of sp³-hybridized carbons (Fsp3) is 0.0909. The Hall–Kier alpha value is -2.50. The highest BCUT2D eigenvalue weighted by molar-refractivity contribution is 6.07. The van der Waals surface area contributed by atoms with Crippen LogP contribution in [-0.4, -0.2) is 23.2 Å². The third kappa shape index (κ3) is 2.36. The van der Waals surface area contributed by atoms with Crippen LogP contribution in [0.1, 0.15) is 10.4 Å². The van der Waals surface area contributed by atoms with Gasteiger partial charge in [-0.15, -0.1) is 0 Å². The number of carbonyl (C=O) groups is 1. The Labute approximate surface area is 97.8 Å². The average Bonchev–Trinajstić information content (AvgIpc) is 2.81. The molecule has 1 heterocycles. The minimum Gasteiger partial charge on any atom is -0.497 e. The number of H-pyrrole nitrogens is 1. The average molecular weight is 232 g/mol. The highest BCUT2D eigenvalue weighted by Gasteiger charge is 2.11. The molecule has 0 unspecified atom stereocenters. The molecule has 1 aromatic heterocycles. The van der Waals surface area contributed by atoms with E-state index in [-0.39, 0.29) is 5.91 Å². The van der Waals surface area contributed by atoms with Gasteiger partial charge in [0, 0.05) is 17.8 Å². The van der Waals surface area contributed by atoms with Crippen molar-refractivity contribution in [3.8, 4) is 5.75 Å². The predicted molar refractivity (Wildman–Crippen MR) is 63.9 cm³/mol. The number of aromatic nitrogens is 2. The van der Waals surface area contributed by atoms with Crippen molar-refractivity contribution >= 4 is 17.4 Å². The van der Waals surface area contributed by atoms with Gasteiger partial charge in [0.25, 0.3) is 5.91 Å². The first-order chi connectivity index (χ1) is 8.20. The van der Waals surface area contributed by atoms with E-state index in [2.05, 4.69) is 15.5 Å². The molecule has 0 spiro atoms. The van der Waals surface area contributed by atoms with Crippen molar-refractivity contribution in [1.29, 1.82) is 0 Å². The van der Waals surface area contributed by atoms with Crippen LogP contribution in [0.2, 0.25) is 0 Å². The van der Waals surface area contributed by atoms with E-state index < -0.39 is 0 Å². The second-order valence-corrected chi connectivity index (χ2v) is 3.38. The smallest absolute Gasteiger partial charge is 0.258 e. The van der Waals surface area contributed by atoms with E-state index in [1.165, 1.54) is 0 Å². The van der Waals surface area contributed by atoms with E-state index in [0.717, 1.165) is 0 Å². The number of nitrogens with zero attached hydrogens (tertiary/aromatic N) is 1. The lowest BCUT2D eigenvalue weighted by Crippen LogP contribution is -2.14. The molecule has 0 aliphatic rings. The molecular weight excluding hydrogens is 220 g/mol. The SMILES string of the molecule is COc1ccc(C(=O)Nc2ccn[nH]2)c(N)c1. The lowest BCUT2D eigenvalue weighted by Gasteiger charge is -2.07. The van der Waals surface area contributed by atoms with Gasteiger partial charge in [0.1, 0.15) is 11.6 Å². The topological polar surface area (TPSA) is 93.0 Å². The van der Waals surface area contributed by atoms with E-state index in [1.54, 1.807) is 37.6 Å². The zero-order valence-corrected chi connectivity index (χ0v) is 9.23. The number of carbonyl (C=O) groups excluding carboxylic acids is 1. The molecule has 0 fully saturated rings. The maximum atomic E-state index is 11.9. The van der Waals surface area contributed by atoms with Crippen LogP contribution in [0.15, 0.2) is 30.5 Å². The van der Waals surface area contributed by atoms with Gasteiger partial charge in [-0.3, -0.25) is 9.89 Å². The number of nitrogens with two attached hydrogens (primary N) is 1. The van der Waals surface area contributed by atoms with Crippen molar-refractivity contribution in [2.24, 2.45) is 0 Å². The highest BCUT2D eigenvalue weighted by atomic mass is 16.5. The molecular formula is C11H12N4O2. The van der Waals surface area contributed by atoms with Crippen molar-refractivity contribution < 1.29 is 9.53 Å². The molecule has 0 radical (unpaired) electrons. The van der Waals surface area contributed by atoms with Crippen LogP contribution in [0.3, 0.4) is 0 Å². The Morgan fingerprint density at radius 3 is 2.88 bits per heavy atom. The number of anilines is 2. The number of ether oxygens (including phenoxy) is 1. The summed E-state index contributed by atoms with van der Waals surface area (Å²) < 4.78 is 5.01. The van der Waals surface area contributed by atoms with E-state index in [9.17, 15) is 4.79 Å². The molecule has 6 heteroatoms. The van der Waals surface area contributed by atoms with E-state index in [4.69, 9.17) is 10.5 Å². The Kier molecular flexibility index (Phi) is 2.95. The number of methoxy groups -OCH3 is 1. The summed E-state index contributed by atoms with van der Waals surface area (Å²) >= 11 is 0. The monoisotopic (exact) mass is 232 g/mol. The normalized spacial score (nSPS) is 9.94. The standard InChI is InChI=1S/C11H12N4O2/c1-17-7-2-3-8(9(12)6-7)11(16)14-10-4-5-13-15-10/h2-6H,12H2,1H3,(H2,13,14,15,16). The number of nitrogen functional groups attached to an aromatic ring is 1. The molecule has 4 N–H and O–H groups in total. The van der Waals surface area contributed by atoms with Gasteiger partial charge in [0.05, 0.1) is 18.9 Å². The van der Waals surface area contributed by atoms with Gasteiger partial charge >= 0.3 is 0 Å². The van der Waals surface area contributed by atoms with E-state index in [0.29, 0.717) is 22.8 Å². The van der Waals surface area contributed by atoms with E-state index in [1.807, 2.05) is 0 Å². The molecule has 0 saturated heterocycles. The van der Waals surface area contributed by atoms with E-state index >= 15 is 0 Å². The number of amides is 1. The Morgan fingerprint density at radius 2 is 2.29 bits per heavy atom. The molecule has 0 aliphatic carbocycles. The molecule has 2 aromatic rings. The van der Waals surface area contributed by atoms with Crippen LogP contribution in [0.4, 0.5) is 11.5 Å². The number of rotatable bonds is 3. The quantitative estimate of drug-likeness (QED) is 0.694. The van der Waals surface area contributed by atoms with Crippen LogP contribution in [0, 0.1) is 0 Å². The first-order valence-corrected chi connectivity index (χ1v) is 4.95. The second kappa shape index (κ2) is 4.56. The van der Waals surface area contributed by atoms with Crippen LogP contribution in [0.25, 0.3) is 0 Å². The first-order valence-electron chi connectivity index (χ1n) is 4.95. The van der Waals surface area contributed by atoms with Gasteiger partial charge in [-0.05, 0) is 12.1 Å². The Bertz CT molecular complexity index is 522. The summed E-state index contributed by atoms with van der Waals surface area (Å²) in [6, 6.07) is 6.54. The number of aromatic amines is 1.